The Hall–Kier alpha value is -1.97. The number of hydrogen-bond acceptors (Lipinski definition) is 3. The Morgan fingerprint density at radius 1 is 1.50 bits per heavy atom. The first-order valence-electron chi connectivity index (χ1n) is 5.08. The fraction of sp³-hybridized carbons (Fsp3) is 0.250. The predicted molar refractivity (Wildman–Crippen MR) is 59.6 cm³/mol. The van der Waals surface area contributed by atoms with Crippen molar-refractivity contribution >= 4 is 5.91 Å². The number of hydrogen-bond donors (Lipinski definition) is 1. The van der Waals surface area contributed by atoms with Crippen molar-refractivity contribution in [2.75, 3.05) is 13.2 Å². The lowest BCUT2D eigenvalue weighted by atomic mass is 10.2. The molecule has 4 nitrogen and oxygen atoms in total. The summed E-state index contributed by atoms with van der Waals surface area (Å²) < 4.78 is 11.2. The van der Waals surface area contributed by atoms with Crippen LogP contribution >= 0.6 is 0 Å². The molecule has 16 heavy (non-hydrogen) atoms. The number of benzene rings is 1. The number of amides is 1. The summed E-state index contributed by atoms with van der Waals surface area (Å²) in [6, 6.07) is 7.47. The molecule has 1 unspecified atom stereocenters. The topological polar surface area (TPSA) is 47.6 Å². The monoisotopic (exact) mass is 219 g/mol. The maximum absolute atomic E-state index is 11.0. The Morgan fingerprint density at radius 2 is 2.25 bits per heavy atom. The SMILES string of the molecule is C=CC(=O)NCC1COc2ccccc2O1. The van der Waals surface area contributed by atoms with Gasteiger partial charge in [-0.3, -0.25) is 4.79 Å². The summed E-state index contributed by atoms with van der Waals surface area (Å²) in [6.45, 7) is 4.23. The van der Waals surface area contributed by atoms with Crippen molar-refractivity contribution in [1.29, 1.82) is 0 Å². The standard InChI is InChI=1S/C12H13NO3/c1-2-12(14)13-7-9-8-15-10-5-3-4-6-11(10)16-9/h2-6,9H,1,7-8H2,(H,13,14). The zero-order chi connectivity index (χ0) is 11.4. The number of rotatable bonds is 3. The van der Waals surface area contributed by atoms with E-state index >= 15 is 0 Å². The van der Waals surface area contributed by atoms with Gasteiger partial charge in [-0.2, -0.15) is 0 Å². The summed E-state index contributed by atoms with van der Waals surface area (Å²) in [5, 5.41) is 2.67. The molecule has 1 aliphatic heterocycles. The fourth-order valence-electron chi connectivity index (χ4n) is 1.45. The van der Waals surface area contributed by atoms with Gasteiger partial charge in [-0.05, 0) is 18.2 Å². The Labute approximate surface area is 93.9 Å². The summed E-state index contributed by atoms with van der Waals surface area (Å²) in [4.78, 5) is 11.0. The van der Waals surface area contributed by atoms with E-state index in [1.807, 2.05) is 24.3 Å². The van der Waals surface area contributed by atoms with Gasteiger partial charge < -0.3 is 14.8 Å². The molecule has 0 radical (unpaired) electrons. The van der Waals surface area contributed by atoms with E-state index in [0.717, 1.165) is 5.75 Å². The number of carbonyl (C=O) groups excluding carboxylic acids is 1. The molecule has 0 bridgehead atoms. The molecule has 0 aromatic heterocycles. The molecule has 1 N–H and O–H groups in total. The first-order valence-corrected chi connectivity index (χ1v) is 5.08. The molecule has 4 heteroatoms. The van der Waals surface area contributed by atoms with E-state index in [1.54, 1.807) is 0 Å². The zero-order valence-electron chi connectivity index (χ0n) is 8.81. The molecule has 0 aliphatic carbocycles. The minimum absolute atomic E-state index is 0.154. The maximum Gasteiger partial charge on any atom is 0.243 e. The van der Waals surface area contributed by atoms with Crippen molar-refractivity contribution in [3.05, 3.63) is 36.9 Å². The highest BCUT2D eigenvalue weighted by Gasteiger charge is 2.20. The summed E-state index contributed by atoms with van der Waals surface area (Å²) in [5.74, 6) is 1.25. The Morgan fingerprint density at radius 3 is 3.00 bits per heavy atom. The lowest BCUT2D eigenvalue weighted by molar-refractivity contribution is -0.117. The molecular formula is C12H13NO3. The average molecular weight is 219 g/mol. The van der Waals surface area contributed by atoms with Gasteiger partial charge in [-0.25, -0.2) is 0 Å². The smallest absolute Gasteiger partial charge is 0.243 e. The van der Waals surface area contributed by atoms with Crippen LogP contribution in [0.25, 0.3) is 0 Å². The van der Waals surface area contributed by atoms with E-state index < -0.39 is 0 Å². The summed E-state index contributed by atoms with van der Waals surface area (Å²) >= 11 is 0. The Balaban J connectivity index is 1.93. The number of fused-ring (bicyclic) bond motifs is 1. The van der Waals surface area contributed by atoms with Crippen LogP contribution in [0.5, 0.6) is 11.5 Å². The van der Waals surface area contributed by atoms with Crippen LogP contribution in [-0.4, -0.2) is 25.2 Å². The highest BCUT2D eigenvalue weighted by molar-refractivity contribution is 5.86. The predicted octanol–water partition coefficient (Wildman–Crippen LogP) is 1.13. The zero-order valence-corrected chi connectivity index (χ0v) is 8.81. The molecule has 0 saturated carbocycles. The first kappa shape index (κ1) is 10.5. The van der Waals surface area contributed by atoms with Crippen molar-refractivity contribution < 1.29 is 14.3 Å². The third-order valence-electron chi connectivity index (χ3n) is 2.26. The number of carbonyl (C=O) groups is 1. The Bertz CT molecular complexity index is 403. The fourth-order valence-corrected chi connectivity index (χ4v) is 1.45. The van der Waals surface area contributed by atoms with Gasteiger partial charge in [0.25, 0.3) is 0 Å². The van der Waals surface area contributed by atoms with Gasteiger partial charge in [0.15, 0.2) is 11.5 Å². The second kappa shape index (κ2) is 4.70. The van der Waals surface area contributed by atoms with Crippen LogP contribution in [0.1, 0.15) is 0 Å². The van der Waals surface area contributed by atoms with E-state index in [1.165, 1.54) is 6.08 Å². The van der Waals surface area contributed by atoms with E-state index in [0.29, 0.717) is 18.9 Å². The van der Waals surface area contributed by atoms with Gasteiger partial charge >= 0.3 is 0 Å². The molecule has 0 fully saturated rings. The molecule has 84 valence electrons. The largest absolute Gasteiger partial charge is 0.486 e. The molecule has 1 atom stereocenters. The van der Waals surface area contributed by atoms with E-state index in [4.69, 9.17) is 9.47 Å². The van der Waals surface area contributed by atoms with Crippen LogP contribution < -0.4 is 14.8 Å². The van der Waals surface area contributed by atoms with E-state index in [9.17, 15) is 4.79 Å². The number of ether oxygens (including phenoxy) is 2. The molecule has 1 aromatic rings. The molecule has 2 rings (SSSR count). The van der Waals surface area contributed by atoms with Crippen molar-refractivity contribution in [2.45, 2.75) is 6.10 Å². The summed E-state index contributed by atoms with van der Waals surface area (Å²) in [7, 11) is 0. The van der Waals surface area contributed by atoms with Gasteiger partial charge in [-0.15, -0.1) is 0 Å². The van der Waals surface area contributed by atoms with E-state index in [2.05, 4.69) is 11.9 Å². The minimum atomic E-state index is -0.206. The van der Waals surface area contributed by atoms with Crippen LogP contribution in [0.2, 0.25) is 0 Å². The molecular weight excluding hydrogens is 206 g/mol. The van der Waals surface area contributed by atoms with Crippen LogP contribution in [-0.2, 0) is 4.79 Å². The quantitative estimate of drug-likeness (QED) is 0.775. The number of para-hydroxylation sites is 2. The first-order chi connectivity index (χ1) is 7.79. The van der Waals surface area contributed by atoms with Gasteiger partial charge in [0.05, 0.1) is 6.54 Å². The van der Waals surface area contributed by atoms with Crippen LogP contribution in [0.3, 0.4) is 0 Å². The van der Waals surface area contributed by atoms with Crippen LogP contribution in [0, 0.1) is 0 Å². The maximum atomic E-state index is 11.0. The van der Waals surface area contributed by atoms with Crippen LogP contribution in [0.15, 0.2) is 36.9 Å². The molecule has 1 heterocycles. The Kier molecular flexibility index (Phi) is 3.10. The third kappa shape index (κ3) is 2.34. The van der Waals surface area contributed by atoms with E-state index in [-0.39, 0.29) is 12.0 Å². The second-order valence-electron chi connectivity index (χ2n) is 3.45. The lowest BCUT2D eigenvalue weighted by Gasteiger charge is -2.26. The highest BCUT2D eigenvalue weighted by atomic mass is 16.6. The number of nitrogens with one attached hydrogen (secondary N) is 1. The summed E-state index contributed by atoms with van der Waals surface area (Å²) in [5.41, 5.74) is 0. The van der Waals surface area contributed by atoms with Gasteiger partial charge in [0, 0.05) is 0 Å². The molecule has 0 spiro atoms. The lowest BCUT2D eigenvalue weighted by Crippen LogP contribution is -2.40. The van der Waals surface area contributed by atoms with Gasteiger partial charge in [0.1, 0.15) is 12.7 Å². The average Bonchev–Trinajstić information content (AvgIpc) is 2.35. The molecule has 1 aromatic carbocycles. The normalized spacial score (nSPS) is 17.6. The van der Waals surface area contributed by atoms with Gasteiger partial charge in [-0.1, -0.05) is 18.7 Å². The molecule has 1 aliphatic rings. The van der Waals surface area contributed by atoms with Crippen molar-refractivity contribution in [1.82, 2.24) is 5.32 Å². The summed E-state index contributed by atoms with van der Waals surface area (Å²) in [6.07, 6.45) is 1.08. The molecule has 0 saturated heterocycles. The minimum Gasteiger partial charge on any atom is -0.486 e. The molecule has 1 amide bonds. The van der Waals surface area contributed by atoms with Crippen molar-refractivity contribution in [3.63, 3.8) is 0 Å². The van der Waals surface area contributed by atoms with Crippen LogP contribution in [0.4, 0.5) is 0 Å². The highest BCUT2D eigenvalue weighted by Crippen LogP contribution is 2.30. The van der Waals surface area contributed by atoms with Crippen molar-refractivity contribution in [2.24, 2.45) is 0 Å². The third-order valence-corrected chi connectivity index (χ3v) is 2.26. The van der Waals surface area contributed by atoms with Crippen molar-refractivity contribution in [3.8, 4) is 11.5 Å². The second-order valence-corrected chi connectivity index (χ2v) is 3.45. The van der Waals surface area contributed by atoms with Gasteiger partial charge in [0.2, 0.25) is 5.91 Å².